The Kier molecular flexibility index (Phi) is 7.04. The number of halogens is 1. The molecule has 2 aromatic heterocycles. The Hall–Kier alpha value is -3.88. The Morgan fingerprint density at radius 2 is 2.00 bits per heavy atom. The van der Waals surface area contributed by atoms with Gasteiger partial charge in [0.15, 0.2) is 12.0 Å². The Balaban J connectivity index is 1.66. The van der Waals surface area contributed by atoms with Crippen LogP contribution in [-0.2, 0) is 14.3 Å². The fourth-order valence-corrected chi connectivity index (χ4v) is 3.55. The van der Waals surface area contributed by atoms with Gasteiger partial charge in [0.2, 0.25) is 18.1 Å². The van der Waals surface area contributed by atoms with Gasteiger partial charge in [-0.15, -0.1) is 0 Å². The molecule has 1 aliphatic heterocycles. The van der Waals surface area contributed by atoms with E-state index in [0.717, 1.165) is 6.42 Å². The molecule has 1 fully saturated rings. The van der Waals surface area contributed by atoms with Crippen LogP contribution in [0.4, 0.5) is 10.3 Å². The summed E-state index contributed by atoms with van der Waals surface area (Å²) in [6.45, 7) is 4.67. The average molecular weight is 480 g/mol. The van der Waals surface area contributed by atoms with E-state index in [2.05, 4.69) is 25.3 Å². The van der Waals surface area contributed by atoms with Gasteiger partial charge < -0.3 is 19.8 Å². The highest BCUT2D eigenvalue weighted by atomic mass is 19.1. The zero-order valence-electron chi connectivity index (χ0n) is 19.7. The predicted molar refractivity (Wildman–Crippen MR) is 125 cm³/mol. The molecule has 0 radical (unpaired) electrons. The van der Waals surface area contributed by atoms with Gasteiger partial charge in [-0.25, -0.2) is 19.3 Å². The summed E-state index contributed by atoms with van der Waals surface area (Å²) in [5, 5.41) is 12.1. The number of anilines is 1. The fourth-order valence-electron chi connectivity index (χ4n) is 3.55. The van der Waals surface area contributed by atoms with Gasteiger partial charge in [-0.05, 0) is 43.7 Å². The molecule has 4 rings (SSSR count). The van der Waals surface area contributed by atoms with Gasteiger partial charge in [0.1, 0.15) is 5.82 Å². The van der Waals surface area contributed by atoms with Crippen molar-refractivity contribution in [2.24, 2.45) is 5.41 Å². The second-order valence-corrected chi connectivity index (χ2v) is 8.52. The molecule has 1 aliphatic rings. The molecule has 1 amide bonds. The number of imidazole rings is 1. The molecule has 3 aromatic rings. The van der Waals surface area contributed by atoms with Crippen LogP contribution >= 0.6 is 0 Å². The van der Waals surface area contributed by atoms with Gasteiger partial charge in [0, 0.05) is 25.4 Å². The van der Waals surface area contributed by atoms with E-state index in [0.29, 0.717) is 35.0 Å². The maximum atomic E-state index is 13.6. The van der Waals surface area contributed by atoms with Crippen molar-refractivity contribution < 1.29 is 18.7 Å². The smallest absolute Gasteiger partial charge is 0.239 e. The molecule has 0 spiro atoms. The fraction of sp³-hybridized carbons (Fsp3) is 0.375. The Morgan fingerprint density at radius 1 is 1.29 bits per heavy atom. The van der Waals surface area contributed by atoms with Crippen LogP contribution in [0.2, 0.25) is 0 Å². The predicted octanol–water partition coefficient (Wildman–Crippen LogP) is 3.17. The zero-order valence-corrected chi connectivity index (χ0v) is 19.7. The van der Waals surface area contributed by atoms with Crippen molar-refractivity contribution in [2.75, 3.05) is 31.7 Å². The molecule has 2 N–H and O–H groups in total. The third-order valence-electron chi connectivity index (χ3n) is 5.60. The first-order valence-corrected chi connectivity index (χ1v) is 11.2. The molecule has 0 unspecified atom stereocenters. The number of benzene rings is 1. The minimum atomic E-state index is -0.835. The Labute approximate surface area is 202 Å². The quantitative estimate of drug-likeness (QED) is 0.391. The van der Waals surface area contributed by atoms with Gasteiger partial charge in [-0.1, -0.05) is 6.92 Å². The van der Waals surface area contributed by atoms with Crippen LogP contribution in [0.3, 0.4) is 0 Å². The van der Waals surface area contributed by atoms with Crippen LogP contribution in [-0.4, -0.2) is 52.6 Å². The summed E-state index contributed by atoms with van der Waals surface area (Å²) in [6.07, 6.45) is 3.50. The number of aromatic nitrogens is 4. The average Bonchev–Trinajstić information content (AvgIpc) is 3.33. The molecule has 0 aliphatic carbocycles. The monoisotopic (exact) mass is 479 g/mol. The second kappa shape index (κ2) is 10.2. The van der Waals surface area contributed by atoms with E-state index in [4.69, 9.17) is 9.47 Å². The van der Waals surface area contributed by atoms with Crippen molar-refractivity contribution in [3.8, 4) is 28.8 Å². The molecule has 35 heavy (non-hydrogen) atoms. The number of H-pyrrole nitrogens is 1. The van der Waals surface area contributed by atoms with Crippen molar-refractivity contribution in [3.63, 3.8) is 0 Å². The Bertz CT molecular complexity index is 1230. The Morgan fingerprint density at radius 3 is 2.66 bits per heavy atom. The number of carbonyl (C=O) groups is 1. The molecular formula is C24H26FN7O3. The molecule has 1 saturated heterocycles. The van der Waals surface area contributed by atoms with Crippen molar-refractivity contribution in [1.82, 2.24) is 25.3 Å². The molecule has 10 nitrogen and oxygen atoms in total. The van der Waals surface area contributed by atoms with Crippen LogP contribution < -0.4 is 10.2 Å². The number of carbonyl (C=O) groups excluding carboxylic acids is 1. The largest absolute Gasteiger partial charge is 0.355 e. The van der Waals surface area contributed by atoms with Crippen LogP contribution in [0.25, 0.3) is 22.6 Å². The van der Waals surface area contributed by atoms with Crippen LogP contribution in [0, 0.1) is 22.7 Å². The lowest BCUT2D eigenvalue weighted by Crippen LogP contribution is -2.48. The molecule has 1 aromatic carbocycles. The lowest BCUT2D eigenvalue weighted by atomic mass is 9.91. The highest BCUT2D eigenvalue weighted by Crippen LogP contribution is 2.35. The number of hydrogen-bond acceptors (Lipinski definition) is 8. The highest BCUT2D eigenvalue weighted by molar-refractivity contribution is 5.82. The first-order valence-electron chi connectivity index (χ1n) is 11.2. The summed E-state index contributed by atoms with van der Waals surface area (Å²) in [5.74, 6) is 0.0973. The SMILES string of the molecule is CCCNC(=O)C1(C)COC(c2nc(-c3ccc(F)cc3)c(-c3ccnc(N(C)C#N)n3)[nH]2)OC1. The number of hydrogen-bond donors (Lipinski definition) is 2. The summed E-state index contributed by atoms with van der Waals surface area (Å²) in [6, 6.07) is 7.59. The first kappa shape index (κ1) is 24.3. The third kappa shape index (κ3) is 5.13. The van der Waals surface area contributed by atoms with Crippen LogP contribution in [0.1, 0.15) is 32.4 Å². The van der Waals surface area contributed by atoms with E-state index in [1.54, 1.807) is 32.2 Å². The maximum Gasteiger partial charge on any atom is 0.239 e. The number of nitrogens with one attached hydrogen (secondary N) is 2. The van der Waals surface area contributed by atoms with Gasteiger partial charge in [-0.3, -0.25) is 9.69 Å². The minimum Gasteiger partial charge on any atom is -0.355 e. The van der Waals surface area contributed by atoms with E-state index >= 15 is 0 Å². The van der Waals surface area contributed by atoms with Crippen molar-refractivity contribution in [1.29, 1.82) is 5.26 Å². The van der Waals surface area contributed by atoms with E-state index in [1.807, 2.05) is 13.1 Å². The summed E-state index contributed by atoms with van der Waals surface area (Å²) in [5.41, 5.74) is 1.35. The van der Waals surface area contributed by atoms with E-state index < -0.39 is 11.7 Å². The van der Waals surface area contributed by atoms with E-state index in [1.165, 1.54) is 23.2 Å². The molecule has 0 saturated carbocycles. The standard InChI is InChI=1S/C24H26FN7O3/c1-4-10-27-22(33)24(2)12-34-21(35-13-24)20-30-18(15-5-7-16(25)8-6-15)19(31-20)17-9-11-28-23(29-17)32(3)14-26/h5-9,11,21H,4,10,12-13H2,1-3H3,(H,27,33)(H,30,31). The summed E-state index contributed by atoms with van der Waals surface area (Å²) < 4.78 is 25.4. The van der Waals surface area contributed by atoms with E-state index in [9.17, 15) is 14.4 Å². The topological polar surface area (TPSA) is 129 Å². The molecular weight excluding hydrogens is 453 g/mol. The summed E-state index contributed by atoms with van der Waals surface area (Å²) in [7, 11) is 1.55. The lowest BCUT2D eigenvalue weighted by molar-refractivity contribution is -0.231. The zero-order chi connectivity index (χ0) is 25.0. The summed E-state index contributed by atoms with van der Waals surface area (Å²) in [4.78, 5) is 30.2. The number of nitriles is 1. The molecule has 11 heteroatoms. The van der Waals surface area contributed by atoms with Gasteiger partial charge >= 0.3 is 0 Å². The molecule has 0 atom stereocenters. The number of amides is 1. The number of nitrogens with zero attached hydrogens (tertiary/aromatic N) is 5. The van der Waals surface area contributed by atoms with Crippen LogP contribution in [0.15, 0.2) is 36.5 Å². The second-order valence-electron chi connectivity index (χ2n) is 8.52. The highest BCUT2D eigenvalue weighted by Gasteiger charge is 2.40. The number of aromatic amines is 1. The van der Waals surface area contributed by atoms with Gasteiger partial charge in [-0.2, -0.15) is 5.26 Å². The minimum absolute atomic E-state index is 0.125. The first-order chi connectivity index (χ1) is 16.8. The van der Waals surface area contributed by atoms with Crippen molar-refractivity contribution in [2.45, 2.75) is 26.6 Å². The lowest BCUT2D eigenvalue weighted by Gasteiger charge is -2.35. The number of rotatable bonds is 7. The van der Waals surface area contributed by atoms with E-state index in [-0.39, 0.29) is 30.9 Å². The van der Waals surface area contributed by atoms with Crippen molar-refractivity contribution >= 4 is 11.9 Å². The molecule has 0 bridgehead atoms. The van der Waals surface area contributed by atoms with Crippen molar-refractivity contribution in [3.05, 3.63) is 48.2 Å². The summed E-state index contributed by atoms with van der Waals surface area (Å²) >= 11 is 0. The number of ether oxygens (including phenoxy) is 2. The van der Waals surface area contributed by atoms with Gasteiger partial charge in [0.25, 0.3) is 0 Å². The molecule has 3 heterocycles. The maximum absolute atomic E-state index is 13.6. The van der Waals surface area contributed by atoms with Gasteiger partial charge in [0.05, 0.1) is 35.7 Å². The molecule has 182 valence electrons. The normalized spacial score (nSPS) is 19.7. The van der Waals surface area contributed by atoms with Crippen LogP contribution in [0.5, 0.6) is 0 Å². The third-order valence-corrected chi connectivity index (χ3v) is 5.60.